The van der Waals surface area contributed by atoms with Gasteiger partial charge in [0.1, 0.15) is 5.69 Å². The van der Waals surface area contributed by atoms with Gasteiger partial charge >= 0.3 is 17.6 Å². The Labute approximate surface area is 185 Å². The Balaban J connectivity index is 1.76. The van der Waals surface area contributed by atoms with E-state index in [9.17, 15) is 29.8 Å². The number of hydrazine groups is 1. The number of allylic oxidation sites excluding steroid dienone is 3. The molecule has 0 aromatic heterocycles. The molecule has 0 radical (unpaired) electrons. The molecule has 14 nitrogen and oxygen atoms in total. The first kappa shape index (κ1) is 21.9. The average Bonchev–Trinajstić information content (AvgIpc) is 3.53. The number of anilines is 1. The van der Waals surface area contributed by atoms with Crippen molar-refractivity contribution in [3.05, 3.63) is 62.7 Å². The van der Waals surface area contributed by atoms with Crippen molar-refractivity contribution in [1.82, 2.24) is 10.9 Å². The molecule has 1 heterocycles. The van der Waals surface area contributed by atoms with Gasteiger partial charge in [-0.2, -0.15) is 10.5 Å². The second-order valence-corrected chi connectivity index (χ2v) is 7.61. The minimum Gasteiger partial charge on any atom is -0.466 e. The molecule has 1 aliphatic heterocycles. The fraction of sp³-hybridized carbons (Fsp3) is 0.316. The van der Waals surface area contributed by atoms with Crippen molar-refractivity contribution < 1.29 is 28.9 Å². The van der Waals surface area contributed by atoms with Crippen molar-refractivity contribution in [1.29, 1.82) is 0 Å². The third-order valence-electron chi connectivity index (χ3n) is 6.17. The number of carbonyl (C=O) groups is 2. The second-order valence-electron chi connectivity index (χ2n) is 7.61. The molecule has 1 fully saturated rings. The molecule has 0 bridgehead atoms. The minimum atomic E-state index is -1.80. The van der Waals surface area contributed by atoms with E-state index in [-0.39, 0.29) is 17.8 Å². The van der Waals surface area contributed by atoms with Crippen LogP contribution >= 0.6 is 0 Å². The smallest absolute Gasteiger partial charge is 0.355 e. The average molecular weight is 458 g/mol. The number of ether oxygens (including phenoxy) is 2. The molecule has 1 aromatic rings. The van der Waals surface area contributed by atoms with Gasteiger partial charge in [-0.25, -0.2) is 9.59 Å². The largest absolute Gasteiger partial charge is 0.466 e. The van der Waals surface area contributed by atoms with Gasteiger partial charge in [0.2, 0.25) is 5.66 Å². The molecule has 14 heteroatoms. The zero-order valence-electron chi connectivity index (χ0n) is 17.4. The van der Waals surface area contributed by atoms with Crippen LogP contribution in [0.1, 0.15) is 6.42 Å². The van der Waals surface area contributed by atoms with E-state index in [1.165, 1.54) is 7.11 Å². The summed E-state index contributed by atoms with van der Waals surface area (Å²) in [5, 5.41) is 26.6. The number of benzene rings is 1. The third-order valence-corrected chi connectivity index (χ3v) is 6.17. The summed E-state index contributed by atoms with van der Waals surface area (Å²) < 4.78 is 9.83. The summed E-state index contributed by atoms with van der Waals surface area (Å²) in [4.78, 5) is 46.3. The summed E-state index contributed by atoms with van der Waals surface area (Å²) in [6, 6.07) is 3.00. The van der Waals surface area contributed by atoms with Gasteiger partial charge in [-0.15, -0.1) is 0 Å². The third kappa shape index (κ3) is 2.87. The number of non-ortho nitro benzene ring substituents is 1. The highest BCUT2D eigenvalue weighted by atomic mass is 16.6. The number of hydrazone groups is 1. The normalized spacial score (nSPS) is 28.4. The standard InChI is InChI=1S/C19H18N6O8/c1-32-15(26)14-17-7-3-4-8-18(17,10-17)19(23-21-14,16(27)33-2)22-20-12-6-5-11(24(28)29)9-13(12)25(30)31/h3-9,20,22-23H,10H2,1-2H3. The predicted molar refractivity (Wildman–Crippen MR) is 112 cm³/mol. The number of nitro benzene ring substituents is 2. The highest BCUT2D eigenvalue weighted by molar-refractivity contribution is 6.41. The summed E-state index contributed by atoms with van der Waals surface area (Å²) in [6.07, 6.45) is 7.14. The van der Waals surface area contributed by atoms with Gasteiger partial charge in [0, 0.05) is 6.07 Å². The summed E-state index contributed by atoms with van der Waals surface area (Å²) in [6.45, 7) is 0. The Bertz CT molecular complexity index is 1180. The number of rotatable bonds is 7. The molecular weight excluding hydrogens is 440 g/mol. The van der Waals surface area contributed by atoms with Crippen LogP contribution in [0.25, 0.3) is 0 Å². The van der Waals surface area contributed by atoms with Gasteiger partial charge in [-0.1, -0.05) is 24.3 Å². The van der Waals surface area contributed by atoms with E-state index >= 15 is 0 Å². The number of hydrogen-bond acceptors (Lipinski definition) is 12. The van der Waals surface area contributed by atoms with E-state index in [0.29, 0.717) is 0 Å². The Morgan fingerprint density at radius 2 is 1.85 bits per heavy atom. The van der Waals surface area contributed by atoms with Crippen LogP contribution in [0.3, 0.4) is 0 Å². The lowest BCUT2D eigenvalue weighted by Crippen LogP contribution is -2.71. The molecule has 1 aromatic carbocycles. The van der Waals surface area contributed by atoms with Gasteiger partial charge in [0.15, 0.2) is 5.71 Å². The zero-order valence-corrected chi connectivity index (χ0v) is 17.4. The van der Waals surface area contributed by atoms with Crippen LogP contribution in [0.2, 0.25) is 0 Å². The van der Waals surface area contributed by atoms with Crippen molar-refractivity contribution in [2.45, 2.75) is 12.1 Å². The quantitative estimate of drug-likeness (QED) is 0.299. The van der Waals surface area contributed by atoms with Crippen molar-refractivity contribution in [3.8, 4) is 0 Å². The molecule has 33 heavy (non-hydrogen) atoms. The van der Waals surface area contributed by atoms with Crippen LogP contribution in [0, 0.1) is 31.1 Å². The van der Waals surface area contributed by atoms with E-state index in [4.69, 9.17) is 9.47 Å². The fourth-order valence-electron chi connectivity index (χ4n) is 4.50. The highest BCUT2D eigenvalue weighted by Gasteiger charge is 2.82. The first-order valence-electron chi connectivity index (χ1n) is 9.53. The van der Waals surface area contributed by atoms with Gasteiger partial charge in [0.25, 0.3) is 5.69 Å². The molecule has 3 aliphatic rings. The van der Waals surface area contributed by atoms with Crippen molar-refractivity contribution in [2.24, 2.45) is 15.9 Å². The molecule has 0 spiro atoms. The molecule has 172 valence electrons. The van der Waals surface area contributed by atoms with Crippen LogP contribution in [0.4, 0.5) is 17.1 Å². The maximum absolute atomic E-state index is 13.0. The first-order valence-corrected chi connectivity index (χ1v) is 9.53. The lowest BCUT2D eigenvalue weighted by molar-refractivity contribution is -0.393. The van der Waals surface area contributed by atoms with E-state index in [0.717, 1.165) is 25.3 Å². The Morgan fingerprint density at radius 1 is 1.12 bits per heavy atom. The SMILES string of the molecule is COC(=O)C1=NNC(NNc2ccc([N+](=O)[O-])cc2[N+](=O)[O-])(C(=O)OC)C23C=CC=CC12C3. The maximum Gasteiger partial charge on any atom is 0.355 e. The lowest BCUT2D eigenvalue weighted by Gasteiger charge is -2.43. The van der Waals surface area contributed by atoms with Crippen LogP contribution < -0.4 is 16.3 Å². The number of nitro groups is 2. The molecule has 2 aliphatic carbocycles. The summed E-state index contributed by atoms with van der Waals surface area (Å²) in [7, 11) is 2.37. The minimum absolute atomic E-state index is 0.0632. The number of nitrogens with zero attached hydrogens (tertiary/aromatic N) is 3. The van der Waals surface area contributed by atoms with Gasteiger partial charge in [-0.05, 0) is 12.5 Å². The monoisotopic (exact) mass is 458 g/mol. The Hall–Kier alpha value is -4.33. The molecule has 1 saturated carbocycles. The summed E-state index contributed by atoms with van der Waals surface area (Å²) in [5.74, 6) is -1.49. The molecular formula is C19H18N6O8. The highest BCUT2D eigenvalue weighted by Crippen LogP contribution is 2.73. The molecule has 0 saturated heterocycles. The number of esters is 2. The number of nitrogens with one attached hydrogen (secondary N) is 3. The van der Waals surface area contributed by atoms with Crippen LogP contribution in [-0.4, -0.2) is 47.4 Å². The topological polar surface area (TPSA) is 187 Å². The predicted octanol–water partition coefficient (Wildman–Crippen LogP) is 0.923. The fourth-order valence-corrected chi connectivity index (χ4v) is 4.50. The van der Waals surface area contributed by atoms with E-state index in [1.807, 2.05) is 0 Å². The number of methoxy groups -OCH3 is 2. The summed E-state index contributed by atoms with van der Waals surface area (Å²) in [5.41, 5.74) is 3.00. The zero-order chi connectivity index (χ0) is 24.0. The maximum atomic E-state index is 13.0. The van der Waals surface area contributed by atoms with Gasteiger partial charge in [0.05, 0.1) is 41.0 Å². The molecule has 3 atom stereocenters. The summed E-state index contributed by atoms with van der Waals surface area (Å²) >= 11 is 0. The van der Waals surface area contributed by atoms with Gasteiger partial charge in [-0.3, -0.25) is 25.7 Å². The first-order chi connectivity index (χ1) is 15.7. The van der Waals surface area contributed by atoms with Crippen molar-refractivity contribution >= 4 is 34.7 Å². The van der Waals surface area contributed by atoms with E-state index in [2.05, 4.69) is 21.4 Å². The van der Waals surface area contributed by atoms with E-state index in [1.54, 1.807) is 24.3 Å². The molecule has 3 unspecified atom stereocenters. The Kier molecular flexibility index (Phi) is 4.89. The second kappa shape index (κ2) is 7.37. The van der Waals surface area contributed by atoms with Crippen LogP contribution in [-0.2, 0) is 19.1 Å². The number of hydrogen-bond donors (Lipinski definition) is 3. The van der Waals surface area contributed by atoms with Crippen LogP contribution in [0.5, 0.6) is 0 Å². The molecule has 3 N–H and O–H groups in total. The van der Waals surface area contributed by atoms with Crippen LogP contribution in [0.15, 0.2) is 47.6 Å². The lowest BCUT2D eigenvalue weighted by atomic mass is 9.75. The number of carbonyl (C=O) groups excluding carboxylic acids is 2. The molecule has 0 amide bonds. The molecule has 4 rings (SSSR count). The van der Waals surface area contributed by atoms with Crippen molar-refractivity contribution in [3.63, 3.8) is 0 Å². The van der Waals surface area contributed by atoms with E-state index < -0.39 is 49.7 Å². The Morgan fingerprint density at radius 3 is 2.48 bits per heavy atom. The van der Waals surface area contributed by atoms with Gasteiger partial charge < -0.3 is 14.9 Å². The van der Waals surface area contributed by atoms with Crippen molar-refractivity contribution in [2.75, 3.05) is 19.6 Å².